The van der Waals surface area contributed by atoms with E-state index in [0.29, 0.717) is 12.3 Å². The van der Waals surface area contributed by atoms with Crippen molar-refractivity contribution in [2.75, 3.05) is 24.3 Å². The van der Waals surface area contributed by atoms with Crippen molar-refractivity contribution in [3.8, 4) is 6.07 Å². The fourth-order valence-electron chi connectivity index (χ4n) is 1.63. The van der Waals surface area contributed by atoms with Crippen molar-refractivity contribution >= 4 is 11.4 Å². The van der Waals surface area contributed by atoms with Gasteiger partial charge in [-0.1, -0.05) is 0 Å². The number of hydrogen-bond donors (Lipinski definition) is 1. The lowest BCUT2D eigenvalue weighted by molar-refractivity contribution is 0.506. The van der Waals surface area contributed by atoms with Crippen LogP contribution >= 0.6 is 0 Å². The Morgan fingerprint density at radius 3 is 2.89 bits per heavy atom. The van der Waals surface area contributed by atoms with Crippen LogP contribution in [0.15, 0.2) is 35.0 Å². The molecule has 2 heterocycles. The Morgan fingerprint density at radius 1 is 1.39 bits per heavy atom. The number of furan rings is 1. The smallest absolute Gasteiger partial charge is 0.203 e. The molecule has 2 aromatic heterocycles. The highest BCUT2D eigenvalue weighted by Crippen LogP contribution is 2.23. The third-order valence-corrected chi connectivity index (χ3v) is 2.50. The van der Waals surface area contributed by atoms with E-state index in [0.717, 1.165) is 17.1 Å². The summed E-state index contributed by atoms with van der Waals surface area (Å²) in [6.07, 6.45) is 3.52. The van der Waals surface area contributed by atoms with E-state index < -0.39 is 0 Å². The van der Waals surface area contributed by atoms with Gasteiger partial charge in [0.05, 0.1) is 24.1 Å². The molecule has 2 aromatic rings. The second kappa shape index (κ2) is 5.23. The molecular formula is C13H14N4O. The van der Waals surface area contributed by atoms with Gasteiger partial charge in [0, 0.05) is 20.3 Å². The molecule has 0 aliphatic heterocycles. The van der Waals surface area contributed by atoms with E-state index in [4.69, 9.17) is 9.68 Å². The van der Waals surface area contributed by atoms with E-state index in [2.05, 4.69) is 10.3 Å². The van der Waals surface area contributed by atoms with E-state index >= 15 is 0 Å². The summed E-state index contributed by atoms with van der Waals surface area (Å²) in [4.78, 5) is 6.10. The third-order valence-electron chi connectivity index (χ3n) is 2.50. The number of anilines is 2. The molecule has 0 unspecified atom stereocenters. The first kappa shape index (κ1) is 12.0. The van der Waals surface area contributed by atoms with Gasteiger partial charge in [0.15, 0.2) is 0 Å². The van der Waals surface area contributed by atoms with Crippen LogP contribution in [-0.4, -0.2) is 19.1 Å². The second-order valence-electron chi connectivity index (χ2n) is 4.02. The number of nitrogens with zero attached hydrogens (tertiary/aromatic N) is 3. The Bertz CT molecular complexity index is 568. The summed E-state index contributed by atoms with van der Waals surface area (Å²) in [7, 11) is 3.95. The van der Waals surface area contributed by atoms with Crippen LogP contribution < -0.4 is 10.2 Å². The zero-order valence-corrected chi connectivity index (χ0v) is 10.3. The lowest BCUT2D eigenvalue weighted by Crippen LogP contribution is -2.12. The van der Waals surface area contributed by atoms with Gasteiger partial charge in [-0.05, 0) is 18.2 Å². The van der Waals surface area contributed by atoms with Gasteiger partial charge in [-0.2, -0.15) is 5.26 Å². The molecule has 5 heteroatoms. The van der Waals surface area contributed by atoms with Crippen molar-refractivity contribution in [2.45, 2.75) is 6.54 Å². The van der Waals surface area contributed by atoms with Crippen LogP contribution in [0.4, 0.5) is 11.4 Å². The maximum absolute atomic E-state index is 8.67. The number of rotatable bonds is 4. The number of nitrogens with one attached hydrogen (secondary N) is 1. The lowest BCUT2D eigenvalue weighted by atomic mass is 10.3. The molecule has 0 bridgehead atoms. The summed E-state index contributed by atoms with van der Waals surface area (Å²) in [5.41, 5.74) is 1.98. The molecule has 0 saturated carbocycles. The predicted octanol–water partition coefficient (Wildman–Crippen LogP) is 2.22. The van der Waals surface area contributed by atoms with Crippen LogP contribution in [-0.2, 0) is 6.54 Å². The summed E-state index contributed by atoms with van der Waals surface area (Å²) in [5, 5.41) is 11.9. The van der Waals surface area contributed by atoms with Crippen LogP contribution in [0.3, 0.4) is 0 Å². The quantitative estimate of drug-likeness (QED) is 0.890. The van der Waals surface area contributed by atoms with Gasteiger partial charge in [0.2, 0.25) is 5.76 Å². The van der Waals surface area contributed by atoms with E-state index in [9.17, 15) is 0 Å². The molecular weight excluding hydrogens is 228 g/mol. The van der Waals surface area contributed by atoms with E-state index in [-0.39, 0.29) is 0 Å². The minimum atomic E-state index is 0.325. The molecule has 0 atom stereocenters. The molecule has 2 rings (SSSR count). The molecule has 0 spiro atoms. The first-order chi connectivity index (χ1) is 8.70. The number of pyridine rings is 1. The lowest BCUT2D eigenvalue weighted by Gasteiger charge is -2.17. The zero-order valence-electron chi connectivity index (χ0n) is 10.3. The third kappa shape index (κ3) is 2.61. The maximum Gasteiger partial charge on any atom is 0.203 e. The highest BCUT2D eigenvalue weighted by Gasteiger charge is 2.05. The van der Waals surface area contributed by atoms with Crippen molar-refractivity contribution in [3.05, 3.63) is 42.1 Å². The second-order valence-corrected chi connectivity index (χ2v) is 4.02. The van der Waals surface area contributed by atoms with Crippen molar-refractivity contribution in [1.29, 1.82) is 5.26 Å². The number of hydrogen-bond acceptors (Lipinski definition) is 5. The van der Waals surface area contributed by atoms with Crippen molar-refractivity contribution in [1.82, 2.24) is 4.98 Å². The number of aromatic nitrogens is 1. The van der Waals surface area contributed by atoms with Crippen molar-refractivity contribution in [2.24, 2.45) is 0 Å². The van der Waals surface area contributed by atoms with Gasteiger partial charge >= 0.3 is 0 Å². The van der Waals surface area contributed by atoms with Crippen LogP contribution in [0, 0.1) is 11.3 Å². The average molecular weight is 242 g/mol. The highest BCUT2D eigenvalue weighted by atomic mass is 16.3. The SMILES string of the molecule is CN(C)c1ccncc1NCc1ccc(C#N)o1. The van der Waals surface area contributed by atoms with Crippen LogP contribution in [0.5, 0.6) is 0 Å². The van der Waals surface area contributed by atoms with Gasteiger partial charge in [0.25, 0.3) is 0 Å². The molecule has 0 aromatic carbocycles. The van der Waals surface area contributed by atoms with E-state index in [1.54, 1.807) is 24.5 Å². The minimum Gasteiger partial charge on any atom is -0.449 e. The summed E-state index contributed by atoms with van der Waals surface area (Å²) in [6.45, 7) is 0.522. The first-order valence-corrected chi connectivity index (χ1v) is 5.54. The maximum atomic E-state index is 8.67. The zero-order chi connectivity index (χ0) is 13.0. The fourth-order valence-corrected chi connectivity index (χ4v) is 1.63. The van der Waals surface area contributed by atoms with Gasteiger partial charge in [0.1, 0.15) is 11.8 Å². The largest absolute Gasteiger partial charge is 0.449 e. The summed E-state index contributed by atoms with van der Waals surface area (Å²) >= 11 is 0. The van der Waals surface area contributed by atoms with E-state index in [1.165, 1.54) is 0 Å². The summed E-state index contributed by atoms with van der Waals surface area (Å²) in [6, 6.07) is 7.34. The Hall–Kier alpha value is -2.48. The predicted molar refractivity (Wildman–Crippen MR) is 69.3 cm³/mol. The summed E-state index contributed by atoms with van der Waals surface area (Å²) < 4.78 is 5.30. The van der Waals surface area contributed by atoms with Gasteiger partial charge < -0.3 is 14.6 Å². The molecule has 0 amide bonds. The topological polar surface area (TPSA) is 65.1 Å². The van der Waals surface area contributed by atoms with Gasteiger partial charge in [-0.15, -0.1) is 0 Å². The van der Waals surface area contributed by atoms with E-state index in [1.807, 2.05) is 31.1 Å². The summed E-state index contributed by atoms with van der Waals surface area (Å²) in [5.74, 6) is 1.05. The normalized spacial score (nSPS) is 9.83. The fraction of sp³-hybridized carbons (Fsp3) is 0.231. The molecule has 0 saturated heterocycles. The molecule has 0 fully saturated rings. The standard InChI is InChI=1S/C13H14N4O/c1-17(2)13-5-6-15-9-12(13)16-8-11-4-3-10(7-14)18-11/h3-6,9,16H,8H2,1-2H3. The van der Waals surface area contributed by atoms with Crippen LogP contribution in [0.25, 0.3) is 0 Å². The Kier molecular flexibility index (Phi) is 3.49. The van der Waals surface area contributed by atoms with Crippen LogP contribution in [0.2, 0.25) is 0 Å². The molecule has 92 valence electrons. The Labute approximate surface area is 106 Å². The Morgan fingerprint density at radius 2 is 2.22 bits per heavy atom. The first-order valence-electron chi connectivity index (χ1n) is 5.54. The monoisotopic (exact) mass is 242 g/mol. The Balaban J connectivity index is 2.08. The average Bonchev–Trinajstić information content (AvgIpc) is 2.84. The molecule has 0 radical (unpaired) electrons. The molecule has 18 heavy (non-hydrogen) atoms. The van der Waals surface area contributed by atoms with Gasteiger partial charge in [-0.25, -0.2) is 0 Å². The molecule has 1 N–H and O–H groups in total. The minimum absolute atomic E-state index is 0.325. The van der Waals surface area contributed by atoms with Crippen molar-refractivity contribution in [3.63, 3.8) is 0 Å². The molecule has 0 aliphatic rings. The molecule has 0 aliphatic carbocycles. The van der Waals surface area contributed by atoms with Gasteiger partial charge in [-0.3, -0.25) is 4.98 Å². The highest BCUT2D eigenvalue weighted by molar-refractivity contribution is 5.67. The molecule has 5 nitrogen and oxygen atoms in total. The number of nitriles is 1. The van der Waals surface area contributed by atoms with Crippen molar-refractivity contribution < 1.29 is 4.42 Å². The van der Waals surface area contributed by atoms with Crippen LogP contribution in [0.1, 0.15) is 11.5 Å².